The third-order valence-corrected chi connectivity index (χ3v) is 4.32. The molecule has 0 atom stereocenters. The van der Waals surface area contributed by atoms with Crippen molar-refractivity contribution in [1.82, 2.24) is 10.6 Å². The summed E-state index contributed by atoms with van der Waals surface area (Å²) >= 11 is 3.35. The van der Waals surface area contributed by atoms with Gasteiger partial charge in [0.15, 0.2) is 5.96 Å². The first-order valence-electron chi connectivity index (χ1n) is 7.72. The molecule has 1 aliphatic carbocycles. The summed E-state index contributed by atoms with van der Waals surface area (Å²) in [6, 6.07) is 7.30. The molecule has 0 spiro atoms. The van der Waals surface area contributed by atoms with Crippen molar-refractivity contribution in [2.45, 2.75) is 25.7 Å². The second-order valence-corrected chi connectivity index (χ2v) is 6.48. The molecular formula is C16H23BrN4O. The fourth-order valence-electron chi connectivity index (χ4n) is 2.17. The van der Waals surface area contributed by atoms with E-state index < -0.39 is 0 Å². The molecule has 0 aliphatic heterocycles. The van der Waals surface area contributed by atoms with Gasteiger partial charge in [0.25, 0.3) is 5.91 Å². The van der Waals surface area contributed by atoms with Gasteiger partial charge in [-0.15, -0.1) is 0 Å². The molecule has 0 bridgehead atoms. The molecule has 22 heavy (non-hydrogen) atoms. The van der Waals surface area contributed by atoms with E-state index in [1.807, 2.05) is 12.1 Å². The van der Waals surface area contributed by atoms with E-state index in [2.05, 4.69) is 31.6 Å². The van der Waals surface area contributed by atoms with Crippen LogP contribution in [0.2, 0.25) is 0 Å². The molecule has 2 rings (SSSR count). The van der Waals surface area contributed by atoms with Gasteiger partial charge in [-0.1, -0.05) is 22.4 Å². The standard InChI is InChI=1S/C16H23BrN4O/c17-14-7-5-13(6-8-14)15(22)19-9-2-10-20-16(18)21-11-12-3-1-4-12/h5-8,12H,1-4,9-11H2,(H,19,22)(H3,18,20,21). The molecule has 1 saturated carbocycles. The molecule has 4 N–H and O–H groups in total. The van der Waals surface area contributed by atoms with Crippen LogP contribution in [0, 0.1) is 5.92 Å². The molecule has 1 fully saturated rings. The molecule has 0 aromatic heterocycles. The van der Waals surface area contributed by atoms with Gasteiger partial charge in [-0.25, -0.2) is 0 Å². The monoisotopic (exact) mass is 366 g/mol. The van der Waals surface area contributed by atoms with E-state index >= 15 is 0 Å². The Bertz CT molecular complexity index is 511. The Morgan fingerprint density at radius 1 is 1.23 bits per heavy atom. The normalized spacial score (nSPS) is 15.2. The average molecular weight is 367 g/mol. The molecule has 6 heteroatoms. The van der Waals surface area contributed by atoms with Gasteiger partial charge < -0.3 is 16.4 Å². The Hall–Kier alpha value is -1.56. The highest BCUT2D eigenvalue weighted by Crippen LogP contribution is 2.26. The summed E-state index contributed by atoms with van der Waals surface area (Å²) in [7, 11) is 0. The maximum atomic E-state index is 11.9. The third kappa shape index (κ3) is 5.67. The number of benzene rings is 1. The van der Waals surface area contributed by atoms with Crippen LogP contribution >= 0.6 is 15.9 Å². The minimum absolute atomic E-state index is 0.0564. The van der Waals surface area contributed by atoms with Crippen LogP contribution in [0.4, 0.5) is 0 Å². The van der Waals surface area contributed by atoms with Gasteiger partial charge in [0.1, 0.15) is 0 Å². The summed E-state index contributed by atoms with van der Waals surface area (Å²) in [6.07, 6.45) is 4.69. The van der Waals surface area contributed by atoms with Crippen LogP contribution in [0.25, 0.3) is 0 Å². The number of hydrogen-bond donors (Lipinski definition) is 3. The molecule has 120 valence electrons. The van der Waals surface area contributed by atoms with Gasteiger partial charge in [-0.3, -0.25) is 9.79 Å². The largest absolute Gasteiger partial charge is 0.370 e. The Morgan fingerprint density at radius 2 is 1.91 bits per heavy atom. The lowest BCUT2D eigenvalue weighted by Gasteiger charge is -2.23. The van der Waals surface area contributed by atoms with Crippen molar-refractivity contribution in [3.05, 3.63) is 34.3 Å². The number of nitrogens with zero attached hydrogens (tertiary/aromatic N) is 1. The van der Waals surface area contributed by atoms with Crippen LogP contribution in [-0.4, -0.2) is 31.5 Å². The highest BCUT2D eigenvalue weighted by molar-refractivity contribution is 9.10. The van der Waals surface area contributed by atoms with Crippen molar-refractivity contribution >= 4 is 27.8 Å². The first-order chi connectivity index (χ1) is 10.6. The first-order valence-corrected chi connectivity index (χ1v) is 8.52. The van der Waals surface area contributed by atoms with Crippen LogP contribution in [0.15, 0.2) is 33.7 Å². The van der Waals surface area contributed by atoms with Gasteiger partial charge >= 0.3 is 0 Å². The van der Waals surface area contributed by atoms with E-state index in [4.69, 9.17) is 5.73 Å². The molecular weight excluding hydrogens is 344 g/mol. The number of carbonyl (C=O) groups excluding carboxylic acids is 1. The molecule has 1 amide bonds. The van der Waals surface area contributed by atoms with Crippen molar-refractivity contribution in [2.24, 2.45) is 16.6 Å². The van der Waals surface area contributed by atoms with E-state index in [0.29, 0.717) is 24.6 Å². The Kier molecular flexibility index (Phi) is 6.71. The number of rotatable bonds is 7. The summed E-state index contributed by atoms with van der Waals surface area (Å²) in [6.45, 7) is 2.15. The average Bonchev–Trinajstić information content (AvgIpc) is 2.45. The second-order valence-electron chi connectivity index (χ2n) is 5.57. The summed E-state index contributed by atoms with van der Waals surface area (Å²) < 4.78 is 0.963. The number of amides is 1. The summed E-state index contributed by atoms with van der Waals surface area (Å²) in [4.78, 5) is 16.2. The minimum Gasteiger partial charge on any atom is -0.370 e. The zero-order valence-electron chi connectivity index (χ0n) is 12.6. The van der Waals surface area contributed by atoms with Crippen molar-refractivity contribution in [2.75, 3.05) is 19.6 Å². The molecule has 0 radical (unpaired) electrons. The maximum Gasteiger partial charge on any atom is 0.251 e. The number of nitrogens with two attached hydrogens (primary N) is 1. The first kappa shape index (κ1) is 16.8. The minimum atomic E-state index is -0.0564. The van der Waals surface area contributed by atoms with Gasteiger partial charge in [0, 0.05) is 29.7 Å². The Morgan fingerprint density at radius 3 is 2.55 bits per heavy atom. The number of hydrogen-bond acceptors (Lipinski definition) is 2. The van der Waals surface area contributed by atoms with E-state index in [1.54, 1.807) is 12.1 Å². The Labute approximate surface area is 139 Å². The maximum absolute atomic E-state index is 11.9. The number of guanidine groups is 1. The second kappa shape index (κ2) is 8.78. The van der Waals surface area contributed by atoms with Crippen LogP contribution in [0.5, 0.6) is 0 Å². The Balaban J connectivity index is 1.56. The van der Waals surface area contributed by atoms with Gasteiger partial charge in [-0.05, 0) is 49.4 Å². The van der Waals surface area contributed by atoms with Crippen LogP contribution in [0.3, 0.4) is 0 Å². The zero-order chi connectivity index (χ0) is 15.8. The predicted octanol–water partition coefficient (Wildman–Crippen LogP) is 2.27. The quantitative estimate of drug-likeness (QED) is 0.393. The number of carbonyl (C=O) groups is 1. The van der Waals surface area contributed by atoms with Crippen LogP contribution in [-0.2, 0) is 0 Å². The molecule has 0 heterocycles. The molecule has 1 aromatic rings. The van der Waals surface area contributed by atoms with Crippen molar-refractivity contribution in [3.8, 4) is 0 Å². The number of halogens is 1. The molecule has 0 unspecified atom stereocenters. The van der Waals surface area contributed by atoms with Crippen LogP contribution in [0.1, 0.15) is 36.0 Å². The fraction of sp³-hybridized carbons (Fsp3) is 0.500. The smallest absolute Gasteiger partial charge is 0.251 e. The van der Waals surface area contributed by atoms with E-state index in [0.717, 1.165) is 23.4 Å². The lowest BCUT2D eigenvalue weighted by molar-refractivity contribution is 0.0953. The highest BCUT2D eigenvalue weighted by atomic mass is 79.9. The summed E-state index contributed by atoms with van der Waals surface area (Å²) in [5.74, 6) is 1.18. The van der Waals surface area contributed by atoms with Crippen molar-refractivity contribution in [3.63, 3.8) is 0 Å². The van der Waals surface area contributed by atoms with E-state index in [-0.39, 0.29) is 5.91 Å². The van der Waals surface area contributed by atoms with E-state index in [9.17, 15) is 4.79 Å². The van der Waals surface area contributed by atoms with E-state index in [1.165, 1.54) is 19.3 Å². The summed E-state index contributed by atoms with van der Waals surface area (Å²) in [5, 5.41) is 5.96. The zero-order valence-corrected chi connectivity index (χ0v) is 14.2. The van der Waals surface area contributed by atoms with Crippen LogP contribution < -0.4 is 16.4 Å². The summed E-state index contributed by atoms with van der Waals surface area (Å²) in [5.41, 5.74) is 6.46. The number of nitrogens with one attached hydrogen (secondary N) is 2. The third-order valence-electron chi connectivity index (χ3n) is 3.80. The highest BCUT2D eigenvalue weighted by Gasteiger charge is 2.16. The molecule has 0 saturated heterocycles. The lowest BCUT2D eigenvalue weighted by Crippen LogP contribution is -2.35. The predicted molar refractivity (Wildman–Crippen MR) is 92.9 cm³/mol. The number of aliphatic imine (C=N–C) groups is 1. The van der Waals surface area contributed by atoms with Crippen molar-refractivity contribution in [1.29, 1.82) is 0 Å². The van der Waals surface area contributed by atoms with Gasteiger partial charge in [0.2, 0.25) is 0 Å². The fourth-order valence-corrected chi connectivity index (χ4v) is 2.43. The molecule has 5 nitrogen and oxygen atoms in total. The van der Waals surface area contributed by atoms with Gasteiger partial charge in [0.05, 0.1) is 0 Å². The topological polar surface area (TPSA) is 79.5 Å². The molecule has 1 aromatic carbocycles. The SMILES string of the molecule is NC(=NCC1CCC1)NCCCNC(=O)c1ccc(Br)cc1. The van der Waals surface area contributed by atoms with Crippen molar-refractivity contribution < 1.29 is 4.79 Å². The van der Waals surface area contributed by atoms with Gasteiger partial charge in [-0.2, -0.15) is 0 Å². The molecule has 1 aliphatic rings. The lowest BCUT2D eigenvalue weighted by atomic mass is 9.86.